The molecule has 0 atom stereocenters. The predicted octanol–water partition coefficient (Wildman–Crippen LogP) is 4.11. The molecule has 0 radical (unpaired) electrons. The molecule has 0 spiro atoms. The van der Waals surface area contributed by atoms with Crippen LogP contribution in [0.4, 0.5) is 5.69 Å². The monoisotopic (exact) mass is 486 g/mol. The number of ether oxygens (including phenoxy) is 2. The molecule has 1 aliphatic rings. The quantitative estimate of drug-likeness (QED) is 0.543. The Hall–Kier alpha value is -3.07. The van der Waals surface area contributed by atoms with E-state index in [0.29, 0.717) is 35.2 Å². The third-order valence-electron chi connectivity index (χ3n) is 5.35. The van der Waals surface area contributed by atoms with Gasteiger partial charge < -0.3 is 14.8 Å². The third kappa shape index (κ3) is 5.30. The van der Waals surface area contributed by atoms with E-state index in [0.717, 1.165) is 11.1 Å². The number of fused-ring (bicyclic) bond motifs is 1. The van der Waals surface area contributed by atoms with Crippen molar-refractivity contribution in [1.82, 2.24) is 4.31 Å². The number of halogens is 1. The highest BCUT2D eigenvalue weighted by Gasteiger charge is 2.28. The molecular formula is C24H23ClN2O5S. The van der Waals surface area contributed by atoms with Crippen LogP contribution in [0.1, 0.15) is 11.1 Å². The maximum atomic E-state index is 13.0. The fraction of sp³-hybridized carbons (Fsp3) is 0.208. The molecule has 1 N–H and O–H groups in total. The van der Waals surface area contributed by atoms with E-state index in [-0.39, 0.29) is 24.0 Å². The average Bonchev–Trinajstić information content (AvgIpc) is 2.82. The molecule has 0 saturated heterocycles. The Bertz CT molecular complexity index is 1260. The lowest BCUT2D eigenvalue weighted by molar-refractivity contribution is -0.118. The summed E-state index contributed by atoms with van der Waals surface area (Å²) in [5, 5.41) is 3.28. The summed E-state index contributed by atoms with van der Waals surface area (Å²) in [4.78, 5) is 12.6. The second kappa shape index (κ2) is 9.82. The number of amides is 1. The zero-order valence-electron chi connectivity index (χ0n) is 18.0. The van der Waals surface area contributed by atoms with Gasteiger partial charge >= 0.3 is 0 Å². The normalized spacial score (nSPS) is 13.8. The fourth-order valence-corrected chi connectivity index (χ4v) is 5.19. The first-order valence-corrected chi connectivity index (χ1v) is 12.1. The smallest absolute Gasteiger partial charge is 0.262 e. The standard InChI is InChI=1S/C24H23ClN2O5S/c1-31-22-4-2-3-5-23(22)32-16-24(28)26-20-9-6-17-12-13-27(15-18(17)14-20)33(29,30)21-10-7-19(25)8-11-21/h2-11,14H,12-13,15-16H2,1H3,(H,26,28). The third-order valence-corrected chi connectivity index (χ3v) is 7.46. The van der Waals surface area contributed by atoms with Gasteiger partial charge in [-0.25, -0.2) is 8.42 Å². The molecule has 0 bridgehead atoms. The molecule has 7 nitrogen and oxygen atoms in total. The highest BCUT2D eigenvalue weighted by Crippen LogP contribution is 2.28. The lowest BCUT2D eigenvalue weighted by atomic mass is 10.0. The Morgan fingerprint density at radius 1 is 1.03 bits per heavy atom. The summed E-state index contributed by atoms with van der Waals surface area (Å²) >= 11 is 5.89. The number of para-hydroxylation sites is 2. The maximum absolute atomic E-state index is 13.0. The molecule has 172 valence electrons. The lowest BCUT2D eigenvalue weighted by Crippen LogP contribution is -2.36. The molecule has 9 heteroatoms. The SMILES string of the molecule is COc1ccccc1OCC(=O)Nc1ccc2c(c1)CN(S(=O)(=O)c1ccc(Cl)cc1)CC2. The van der Waals surface area contributed by atoms with Crippen molar-refractivity contribution in [2.24, 2.45) is 0 Å². The summed E-state index contributed by atoms with van der Waals surface area (Å²) in [5.41, 5.74) is 2.48. The number of benzene rings is 3. The first-order chi connectivity index (χ1) is 15.9. The van der Waals surface area contributed by atoms with Gasteiger partial charge in [0, 0.05) is 23.8 Å². The van der Waals surface area contributed by atoms with Crippen molar-refractivity contribution in [3.05, 3.63) is 82.9 Å². The molecule has 0 saturated carbocycles. The number of rotatable bonds is 7. The van der Waals surface area contributed by atoms with Gasteiger partial charge in [-0.15, -0.1) is 0 Å². The zero-order chi connectivity index (χ0) is 23.4. The Kier molecular flexibility index (Phi) is 6.88. The van der Waals surface area contributed by atoms with Crippen molar-refractivity contribution in [3.63, 3.8) is 0 Å². The summed E-state index contributed by atoms with van der Waals surface area (Å²) in [5.74, 6) is 0.687. The molecule has 1 heterocycles. The predicted molar refractivity (Wildman–Crippen MR) is 126 cm³/mol. The number of nitrogens with one attached hydrogen (secondary N) is 1. The summed E-state index contributed by atoms with van der Waals surface area (Å²) in [6.45, 7) is 0.423. The Labute approximate surface area is 197 Å². The van der Waals surface area contributed by atoms with Gasteiger partial charge in [0.1, 0.15) is 0 Å². The molecule has 33 heavy (non-hydrogen) atoms. The van der Waals surface area contributed by atoms with E-state index in [9.17, 15) is 13.2 Å². The highest BCUT2D eigenvalue weighted by atomic mass is 35.5. The van der Waals surface area contributed by atoms with E-state index in [1.165, 1.54) is 23.5 Å². The van der Waals surface area contributed by atoms with Crippen LogP contribution in [-0.2, 0) is 27.8 Å². The van der Waals surface area contributed by atoms with Gasteiger partial charge in [0.05, 0.1) is 12.0 Å². The van der Waals surface area contributed by atoms with Crippen molar-refractivity contribution in [2.45, 2.75) is 17.9 Å². The van der Waals surface area contributed by atoms with Crippen LogP contribution in [0.2, 0.25) is 5.02 Å². The summed E-state index contributed by atoms with van der Waals surface area (Å²) < 4.78 is 38.3. The van der Waals surface area contributed by atoms with Crippen LogP contribution in [0.3, 0.4) is 0 Å². The molecular weight excluding hydrogens is 464 g/mol. The molecule has 3 aromatic carbocycles. The number of anilines is 1. The lowest BCUT2D eigenvalue weighted by Gasteiger charge is -2.28. The van der Waals surface area contributed by atoms with Crippen LogP contribution in [0.25, 0.3) is 0 Å². The van der Waals surface area contributed by atoms with Gasteiger partial charge in [0.2, 0.25) is 10.0 Å². The molecule has 0 aliphatic carbocycles. The van der Waals surface area contributed by atoms with Crippen LogP contribution in [0.5, 0.6) is 11.5 Å². The highest BCUT2D eigenvalue weighted by molar-refractivity contribution is 7.89. The average molecular weight is 487 g/mol. The van der Waals surface area contributed by atoms with Crippen molar-refractivity contribution < 1.29 is 22.7 Å². The number of sulfonamides is 1. The summed E-state index contributed by atoms with van der Waals surface area (Å²) in [6, 6.07) is 18.7. The number of carbonyl (C=O) groups is 1. The van der Waals surface area contributed by atoms with Crippen LogP contribution in [-0.4, -0.2) is 38.9 Å². The van der Waals surface area contributed by atoms with Crippen LogP contribution >= 0.6 is 11.6 Å². The zero-order valence-corrected chi connectivity index (χ0v) is 19.5. The van der Waals surface area contributed by atoms with Crippen molar-refractivity contribution >= 4 is 33.2 Å². The summed E-state index contributed by atoms with van der Waals surface area (Å²) in [7, 11) is -2.11. The Balaban J connectivity index is 1.43. The van der Waals surface area contributed by atoms with Crippen molar-refractivity contribution in [2.75, 3.05) is 25.6 Å². The van der Waals surface area contributed by atoms with Gasteiger partial charge in [0.25, 0.3) is 5.91 Å². The molecule has 0 unspecified atom stereocenters. The topological polar surface area (TPSA) is 84.9 Å². The Morgan fingerprint density at radius 2 is 1.76 bits per heavy atom. The molecule has 0 fully saturated rings. The number of hydrogen-bond acceptors (Lipinski definition) is 5. The second-order valence-electron chi connectivity index (χ2n) is 7.51. The molecule has 0 aromatic heterocycles. The summed E-state index contributed by atoms with van der Waals surface area (Å²) in [6.07, 6.45) is 0.591. The number of carbonyl (C=O) groups excluding carboxylic acids is 1. The van der Waals surface area contributed by atoms with Crippen molar-refractivity contribution in [1.29, 1.82) is 0 Å². The van der Waals surface area contributed by atoms with Crippen LogP contribution < -0.4 is 14.8 Å². The molecule has 4 rings (SSSR count). The van der Waals surface area contributed by atoms with Crippen LogP contribution in [0.15, 0.2) is 71.6 Å². The van der Waals surface area contributed by atoms with Gasteiger partial charge in [-0.1, -0.05) is 29.8 Å². The Morgan fingerprint density at radius 3 is 2.48 bits per heavy atom. The van der Waals surface area contributed by atoms with E-state index in [1.54, 1.807) is 36.4 Å². The largest absolute Gasteiger partial charge is 0.493 e. The van der Waals surface area contributed by atoms with E-state index < -0.39 is 10.0 Å². The fourth-order valence-electron chi connectivity index (χ4n) is 3.65. The van der Waals surface area contributed by atoms with Gasteiger partial charge in [-0.2, -0.15) is 4.31 Å². The van der Waals surface area contributed by atoms with Gasteiger partial charge in [-0.05, 0) is 66.1 Å². The minimum absolute atomic E-state index is 0.186. The first kappa shape index (κ1) is 23.1. The number of nitrogens with zero attached hydrogens (tertiary/aromatic N) is 1. The number of methoxy groups -OCH3 is 1. The minimum atomic E-state index is -3.65. The van der Waals surface area contributed by atoms with Gasteiger partial charge in [0.15, 0.2) is 18.1 Å². The molecule has 3 aromatic rings. The van der Waals surface area contributed by atoms with Gasteiger partial charge in [-0.3, -0.25) is 4.79 Å². The number of hydrogen-bond donors (Lipinski definition) is 1. The van der Waals surface area contributed by atoms with E-state index in [4.69, 9.17) is 21.1 Å². The minimum Gasteiger partial charge on any atom is -0.493 e. The molecule has 1 aliphatic heterocycles. The van der Waals surface area contributed by atoms with Crippen LogP contribution in [0, 0.1) is 0 Å². The van der Waals surface area contributed by atoms with E-state index in [2.05, 4.69) is 5.32 Å². The van der Waals surface area contributed by atoms with E-state index in [1.807, 2.05) is 18.2 Å². The first-order valence-electron chi connectivity index (χ1n) is 10.3. The maximum Gasteiger partial charge on any atom is 0.262 e. The van der Waals surface area contributed by atoms with Crippen molar-refractivity contribution in [3.8, 4) is 11.5 Å². The van der Waals surface area contributed by atoms with E-state index >= 15 is 0 Å². The molecule has 1 amide bonds. The second-order valence-corrected chi connectivity index (χ2v) is 9.89.